The van der Waals surface area contributed by atoms with Crippen LogP contribution in [0.4, 0.5) is 8.78 Å². The summed E-state index contributed by atoms with van der Waals surface area (Å²) in [6.45, 7) is 6.21. The van der Waals surface area contributed by atoms with Gasteiger partial charge in [0, 0.05) is 17.7 Å². The first-order valence-corrected chi connectivity index (χ1v) is 7.11. The van der Waals surface area contributed by atoms with E-state index in [0.29, 0.717) is 12.0 Å². The van der Waals surface area contributed by atoms with Gasteiger partial charge in [-0.05, 0) is 57.0 Å². The zero-order chi connectivity index (χ0) is 15.6. The van der Waals surface area contributed by atoms with Crippen molar-refractivity contribution in [2.75, 3.05) is 7.05 Å². The van der Waals surface area contributed by atoms with Gasteiger partial charge >= 0.3 is 0 Å². The highest BCUT2D eigenvalue weighted by Gasteiger charge is 2.17. The van der Waals surface area contributed by atoms with Gasteiger partial charge in [-0.2, -0.15) is 0 Å². The van der Waals surface area contributed by atoms with Crippen LogP contribution in [-0.2, 0) is 6.42 Å². The van der Waals surface area contributed by atoms with Crippen LogP contribution in [0, 0.1) is 32.4 Å². The Kier molecular flexibility index (Phi) is 4.73. The van der Waals surface area contributed by atoms with Crippen molar-refractivity contribution < 1.29 is 8.78 Å². The molecule has 0 aliphatic heterocycles. The van der Waals surface area contributed by atoms with Crippen molar-refractivity contribution in [1.29, 1.82) is 0 Å². The number of nitrogens with one attached hydrogen (secondary N) is 1. The van der Waals surface area contributed by atoms with Crippen LogP contribution in [0.1, 0.15) is 33.9 Å². The Morgan fingerprint density at radius 2 is 1.62 bits per heavy atom. The zero-order valence-electron chi connectivity index (χ0n) is 12.9. The van der Waals surface area contributed by atoms with E-state index in [-0.39, 0.29) is 6.04 Å². The first-order chi connectivity index (χ1) is 9.92. The van der Waals surface area contributed by atoms with Gasteiger partial charge < -0.3 is 5.32 Å². The van der Waals surface area contributed by atoms with E-state index in [0.717, 1.165) is 6.07 Å². The van der Waals surface area contributed by atoms with E-state index >= 15 is 0 Å². The van der Waals surface area contributed by atoms with Gasteiger partial charge in [-0.15, -0.1) is 0 Å². The molecule has 1 nitrogen and oxygen atoms in total. The SMILES string of the molecule is CNC(Cc1c(C)cc(C)cc1C)c1ccc(F)cc1F. The lowest BCUT2D eigenvalue weighted by molar-refractivity contribution is 0.520. The molecule has 2 aromatic rings. The van der Waals surface area contributed by atoms with Crippen LogP contribution in [0.15, 0.2) is 30.3 Å². The Bertz CT molecular complexity index is 627. The van der Waals surface area contributed by atoms with E-state index in [2.05, 4.69) is 38.2 Å². The lowest BCUT2D eigenvalue weighted by atomic mass is 9.91. The van der Waals surface area contributed by atoms with E-state index in [1.54, 1.807) is 7.05 Å². The predicted molar refractivity (Wildman–Crippen MR) is 82.5 cm³/mol. The molecule has 2 aromatic carbocycles. The lowest BCUT2D eigenvalue weighted by Gasteiger charge is -2.20. The molecule has 3 heteroatoms. The maximum Gasteiger partial charge on any atom is 0.130 e. The maximum atomic E-state index is 14.0. The number of aryl methyl sites for hydroxylation is 3. The lowest BCUT2D eigenvalue weighted by Crippen LogP contribution is -2.21. The van der Waals surface area contributed by atoms with Crippen molar-refractivity contribution in [1.82, 2.24) is 5.32 Å². The molecule has 1 unspecified atom stereocenters. The highest BCUT2D eigenvalue weighted by Crippen LogP contribution is 2.26. The molecule has 1 N–H and O–H groups in total. The average Bonchev–Trinajstić information content (AvgIpc) is 2.39. The van der Waals surface area contributed by atoms with Crippen molar-refractivity contribution in [3.8, 4) is 0 Å². The summed E-state index contributed by atoms with van der Waals surface area (Å²) in [7, 11) is 1.80. The van der Waals surface area contributed by atoms with Gasteiger partial charge in [0.05, 0.1) is 0 Å². The minimum absolute atomic E-state index is 0.175. The minimum atomic E-state index is -0.547. The van der Waals surface area contributed by atoms with Crippen molar-refractivity contribution in [2.24, 2.45) is 0 Å². The molecule has 0 saturated carbocycles. The van der Waals surface area contributed by atoms with Gasteiger partial charge in [-0.3, -0.25) is 0 Å². The van der Waals surface area contributed by atoms with Crippen molar-refractivity contribution >= 4 is 0 Å². The number of hydrogen-bond donors (Lipinski definition) is 1. The van der Waals surface area contributed by atoms with Gasteiger partial charge in [0.1, 0.15) is 11.6 Å². The third kappa shape index (κ3) is 3.48. The molecule has 0 fully saturated rings. The van der Waals surface area contributed by atoms with Gasteiger partial charge in [0.25, 0.3) is 0 Å². The fourth-order valence-corrected chi connectivity index (χ4v) is 2.89. The number of halogens is 2. The Balaban J connectivity index is 2.36. The largest absolute Gasteiger partial charge is 0.313 e. The van der Waals surface area contributed by atoms with E-state index in [4.69, 9.17) is 0 Å². The second-order valence-electron chi connectivity index (χ2n) is 5.59. The minimum Gasteiger partial charge on any atom is -0.313 e. The van der Waals surface area contributed by atoms with Crippen LogP contribution in [0.3, 0.4) is 0 Å². The molecule has 0 heterocycles. The number of rotatable bonds is 4. The smallest absolute Gasteiger partial charge is 0.130 e. The highest BCUT2D eigenvalue weighted by atomic mass is 19.1. The molecule has 2 rings (SSSR count). The molecule has 0 amide bonds. The summed E-state index contributed by atoms with van der Waals surface area (Å²) >= 11 is 0. The maximum absolute atomic E-state index is 14.0. The van der Waals surface area contributed by atoms with Crippen molar-refractivity contribution in [3.05, 3.63) is 69.8 Å². The molecule has 112 valence electrons. The Morgan fingerprint density at radius 3 is 2.14 bits per heavy atom. The van der Waals surface area contributed by atoms with Crippen LogP contribution in [0.5, 0.6) is 0 Å². The summed E-state index contributed by atoms with van der Waals surface area (Å²) in [4.78, 5) is 0. The fourth-order valence-electron chi connectivity index (χ4n) is 2.89. The van der Waals surface area contributed by atoms with E-state index in [1.165, 1.54) is 34.4 Å². The molecule has 0 bridgehead atoms. The second kappa shape index (κ2) is 6.35. The third-order valence-corrected chi connectivity index (χ3v) is 3.93. The number of benzene rings is 2. The summed E-state index contributed by atoms with van der Waals surface area (Å²) in [5.74, 6) is -1.05. The van der Waals surface area contributed by atoms with E-state index < -0.39 is 11.6 Å². The average molecular weight is 289 g/mol. The van der Waals surface area contributed by atoms with Crippen LogP contribution >= 0.6 is 0 Å². The summed E-state index contributed by atoms with van der Waals surface area (Å²) in [5, 5.41) is 3.13. The van der Waals surface area contributed by atoms with Gasteiger partial charge in [-0.1, -0.05) is 23.8 Å². The quantitative estimate of drug-likeness (QED) is 0.880. The molecule has 0 radical (unpaired) electrons. The third-order valence-electron chi connectivity index (χ3n) is 3.93. The zero-order valence-corrected chi connectivity index (χ0v) is 12.9. The number of hydrogen-bond acceptors (Lipinski definition) is 1. The van der Waals surface area contributed by atoms with Gasteiger partial charge in [0.15, 0.2) is 0 Å². The molecule has 0 aliphatic carbocycles. The van der Waals surface area contributed by atoms with Crippen LogP contribution < -0.4 is 5.32 Å². The highest BCUT2D eigenvalue weighted by molar-refractivity contribution is 5.39. The molecule has 0 aliphatic rings. The first-order valence-electron chi connectivity index (χ1n) is 7.11. The summed E-state index contributed by atoms with van der Waals surface area (Å²) in [6, 6.07) is 7.86. The van der Waals surface area contributed by atoms with Gasteiger partial charge in [-0.25, -0.2) is 8.78 Å². The van der Waals surface area contributed by atoms with Crippen LogP contribution in [0.25, 0.3) is 0 Å². The molecular weight excluding hydrogens is 268 g/mol. The van der Waals surface area contributed by atoms with Crippen LogP contribution in [-0.4, -0.2) is 7.05 Å². The molecule has 0 aromatic heterocycles. The van der Waals surface area contributed by atoms with Crippen molar-refractivity contribution in [3.63, 3.8) is 0 Å². The van der Waals surface area contributed by atoms with E-state index in [1.807, 2.05) is 0 Å². The molecular formula is C18H21F2N. The Hall–Kier alpha value is -1.74. The number of likely N-dealkylation sites (N-methyl/N-ethyl adjacent to an activating group) is 1. The summed E-state index contributed by atoms with van der Waals surface area (Å²) in [5.41, 5.74) is 5.34. The monoisotopic (exact) mass is 289 g/mol. The second-order valence-corrected chi connectivity index (χ2v) is 5.59. The van der Waals surface area contributed by atoms with Crippen LogP contribution in [0.2, 0.25) is 0 Å². The van der Waals surface area contributed by atoms with Crippen molar-refractivity contribution in [2.45, 2.75) is 33.2 Å². The Labute approximate surface area is 125 Å². The van der Waals surface area contributed by atoms with E-state index in [9.17, 15) is 8.78 Å². The molecule has 0 saturated heterocycles. The molecule has 1 atom stereocenters. The fraction of sp³-hybridized carbons (Fsp3) is 0.333. The molecule has 0 spiro atoms. The normalized spacial score (nSPS) is 12.5. The Morgan fingerprint density at radius 1 is 1.00 bits per heavy atom. The van der Waals surface area contributed by atoms with Gasteiger partial charge in [0.2, 0.25) is 0 Å². The first kappa shape index (κ1) is 15.6. The summed E-state index contributed by atoms with van der Waals surface area (Å²) < 4.78 is 27.0. The molecule has 21 heavy (non-hydrogen) atoms. The standard InChI is InChI=1S/C18H21F2N/c1-11-7-12(2)16(13(3)8-11)10-18(21-4)15-6-5-14(19)9-17(15)20/h5-9,18,21H,10H2,1-4H3. The summed E-state index contributed by atoms with van der Waals surface area (Å²) in [6.07, 6.45) is 0.678. The predicted octanol–water partition coefficient (Wildman–Crippen LogP) is 4.39. The topological polar surface area (TPSA) is 12.0 Å².